The van der Waals surface area contributed by atoms with Gasteiger partial charge in [0.15, 0.2) is 11.5 Å². The second-order valence-corrected chi connectivity index (χ2v) is 6.41. The van der Waals surface area contributed by atoms with Crippen LogP contribution in [0.15, 0.2) is 30.9 Å². The number of imidazole rings is 1. The van der Waals surface area contributed by atoms with E-state index in [2.05, 4.69) is 24.8 Å². The minimum atomic E-state index is -2.65. The maximum Gasteiger partial charge on any atom is 0.281 e. The summed E-state index contributed by atoms with van der Waals surface area (Å²) in [6.45, 7) is 2.43. The lowest BCUT2D eigenvalue weighted by molar-refractivity contribution is 0.145. The second-order valence-electron chi connectivity index (χ2n) is 6.41. The van der Waals surface area contributed by atoms with Crippen LogP contribution in [0.3, 0.4) is 0 Å². The van der Waals surface area contributed by atoms with Crippen LogP contribution in [0.25, 0.3) is 17.2 Å². The van der Waals surface area contributed by atoms with Crippen molar-refractivity contribution in [2.45, 2.75) is 19.3 Å². The zero-order chi connectivity index (χ0) is 18.1. The van der Waals surface area contributed by atoms with Crippen molar-refractivity contribution < 1.29 is 8.78 Å². The van der Waals surface area contributed by atoms with Crippen LogP contribution in [0.2, 0.25) is 0 Å². The van der Waals surface area contributed by atoms with Gasteiger partial charge in [0.05, 0.1) is 12.4 Å². The van der Waals surface area contributed by atoms with Crippen LogP contribution in [0.4, 0.5) is 14.6 Å². The monoisotopic (exact) mass is 359 g/mol. The minimum absolute atomic E-state index is 0.310. The minimum Gasteiger partial charge on any atom is -0.356 e. The predicted molar refractivity (Wildman–Crippen MR) is 93.0 cm³/mol. The van der Waals surface area contributed by atoms with Crippen LogP contribution in [-0.4, -0.2) is 44.0 Å². The number of hydrogen-bond acceptors (Lipinski definition) is 6. The molecule has 0 aromatic carbocycles. The van der Waals surface area contributed by atoms with Gasteiger partial charge in [-0.05, 0) is 31.4 Å². The molecule has 2 N–H and O–H groups in total. The van der Waals surface area contributed by atoms with E-state index in [9.17, 15) is 8.78 Å². The van der Waals surface area contributed by atoms with E-state index in [0.29, 0.717) is 29.6 Å². The summed E-state index contributed by atoms with van der Waals surface area (Å²) in [5, 5.41) is 0. The molecule has 0 spiro atoms. The first kappa shape index (κ1) is 16.8. The molecule has 26 heavy (non-hydrogen) atoms. The maximum atomic E-state index is 13.0. The Labute approximate surface area is 148 Å². The third-order valence-electron chi connectivity index (χ3n) is 4.69. The number of piperidine rings is 1. The van der Waals surface area contributed by atoms with Gasteiger partial charge in [-0.2, -0.15) is 0 Å². The third-order valence-corrected chi connectivity index (χ3v) is 4.69. The molecule has 1 saturated heterocycles. The van der Waals surface area contributed by atoms with Crippen molar-refractivity contribution in [1.29, 1.82) is 0 Å². The van der Waals surface area contributed by atoms with Gasteiger partial charge >= 0.3 is 0 Å². The van der Waals surface area contributed by atoms with Crippen molar-refractivity contribution in [3.05, 3.63) is 36.5 Å². The Morgan fingerprint density at radius 2 is 2.12 bits per heavy atom. The second kappa shape index (κ2) is 6.91. The smallest absolute Gasteiger partial charge is 0.281 e. The fourth-order valence-corrected chi connectivity index (χ4v) is 3.30. The van der Waals surface area contributed by atoms with Crippen LogP contribution in [0, 0.1) is 5.92 Å². The number of rotatable bonds is 4. The molecule has 0 aliphatic carbocycles. The quantitative estimate of drug-likeness (QED) is 0.769. The Bertz CT molecular complexity index is 911. The average Bonchev–Trinajstić information content (AvgIpc) is 3.11. The normalized spacial score (nSPS) is 18.0. The van der Waals surface area contributed by atoms with Crippen molar-refractivity contribution in [2.75, 3.05) is 24.5 Å². The Hall–Kier alpha value is -2.68. The molecule has 136 valence electrons. The SMILES string of the molecule is NC[C@H]1CCCN(c2ccnc(-c3cnc4cnc(C(F)F)cn34)n2)C1. The summed E-state index contributed by atoms with van der Waals surface area (Å²) in [7, 11) is 0. The summed E-state index contributed by atoms with van der Waals surface area (Å²) in [5.74, 6) is 1.71. The molecule has 0 amide bonds. The van der Waals surface area contributed by atoms with Crippen LogP contribution < -0.4 is 10.6 Å². The summed E-state index contributed by atoms with van der Waals surface area (Å²) in [4.78, 5) is 19.1. The van der Waals surface area contributed by atoms with Crippen molar-refractivity contribution in [3.8, 4) is 11.5 Å². The molecule has 4 rings (SSSR count). The fraction of sp³-hybridized carbons (Fsp3) is 0.412. The first-order valence-electron chi connectivity index (χ1n) is 8.55. The zero-order valence-corrected chi connectivity index (χ0v) is 14.1. The number of nitrogens with zero attached hydrogens (tertiary/aromatic N) is 6. The number of halogens is 2. The van der Waals surface area contributed by atoms with E-state index < -0.39 is 6.43 Å². The molecule has 0 bridgehead atoms. The highest BCUT2D eigenvalue weighted by molar-refractivity contribution is 5.58. The number of aromatic nitrogens is 5. The maximum absolute atomic E-state index is 13.0. The summed E-state index contributed by atoms with van der Waals surface area (Å²) < 4.78 is 27.5. The molecule has 1 aliphatic rings. The molecule has 4 heterocycles. The van der Waals surface area contributed by atoms with Gasteiger partial charge < -0.3 is 10.6 Å². The van der Waals surface area contributed by atoms with Crippen LogP contribution in [-0.2, 0) is 0 Å². The summed E-state index contributed by atoms with van der Waals surface area (Å²) in [5.41, 5.74) is 6.53. The Morgan fingerprint density at radius 3 is 2.92 bits per heavy atom. The van der Waals surface area contributed by atoms with Crippen molar-refractivity contribution >= 4 is 11.5 Å². The summed E-state index contributed by atoms with van der Waals surface area (Å²) >= 11 is 0. The third kappa shape index (κ3) is 3.10. The van der Waals surface area contributed by atoms with E-state index in [1.807, 2.05) is 6.07 Å². The molecule has 9 heteroatoms. The van der Waals surface area contributed by atoms with Gasteiger partial charge in [0, 0.05) is 25.5 Å². The molecule has 1 atom stereocenters. The van der Waals surface area contributed by atoms with Crippen LogP contribution in [0.1, 0.15) is 25.0 Å². The molecule has 0 saturated carbocycles. The number of hydrogen-bond donors (Lipinski definition) is 1. The molecule has 3 aromatic rings. The van der Waals surface area contributed by atoms with E-state index in [4.69, 9.17) is 5.73 Å². The van der Waals surface area contributed by atoms with Crippen molar-refractivity contribution in [3.63, 3.8) is 0 Å². The van der Waals surface area contributed by atoms with E-state index in [1.54, 1.807) is 16.8 Å². The Morgan fingerprint density at radius 1 is 1.23 bits per heavy atom. The van der Waals surface area contributed by atoms with Gasteiger partial charge in [-0.3, -0.25) is 4.40 Å². The molecule has 0 unspecified atom stereocenters. The lowest BCUT2D eigenvalue weighted by Crippen LogP contribution is -2.38. The lowest BCUT2D eigenvalue weighted by atomic mass is 9.98. The topological polar surface area (TPSA) is 85.2 Å². The average molecular weight is 359 g/mol. The molecule has 1 fully saturated rings. The molecule has 7 nitrogen and oxygen atoms in total. The standard InChI is InChI=1S/C17H19F2N7/c18-16(19)12-10-26-13(7-23-15(26)8-22-12)17-21-4-3-14(24-17)25-5-1-2-11(6-20)9-25/h3-4,7-8,10-11,16H,1-2,5-6,9,20H2/t11-/m1/s1. The lowest BCUT2D eigenvalue weighted by Gasteiger charge is -2.33. The molecule has 3 aromatic heterocycles. The number of alkyl halides is 2. The Kier molecular flexibility index (Phi) is 4.46. The van der Waals surface area contributed by atoms with Gasteiger partial charge in [0.25, 0.3) is 6.43 Å². The molecular weight excluding hydrogens is 340 g/mol. The first-order chi connectivity index (χ1) is 12.7. The fourth-order valence-electron chi connectivity index (χ4n) is 3.30. The van der Waals surface area contributed by atoms with Crippen LogP contribution in [0.5, 0.6) is 0 Å². The number of fused-ring (bicyclic) bond motifs is 1. The first-order valence-corrected chi connectivity index (χ1v) is 8.55. The van der Waals surface area contributed by atoms with E-state index in [-0.39, 0.29) is 5.69 Å². The molecular formula is C17H19F2N7. The van der Waals surface area contributed by atoms with Gasteiger partial charge in [-0.1, -0.05) is 0 Å². The largest absolute Gasteiger partial charge is 0.356 e. The van der Waals surface area contributed by atoms with Gasteiger partial charge in [0.1, 0.15) is 17.2 Å². The highest BCUT2D eigenvalue weighted by Gasteiger charge is 2.21. The molecule has 0 radical (unpaired) electrons. The highest BCUT2D eigenvalue weighted by atomic mass is 19.3. The van der Waals surface area contributed by atoms with E-state index >= 15 is 0 Å². The van der Waals surface area contributed by atoms with E-state index in [1.165, 1.54) is 12.4 Å². The van der Waals surface area contributed by atoms with Crippen molar-refractivity contribution in [1.82, 2.24) is 24.3 Å². The van der Waals surface area contributed by atoms with Gasteiger partial charge in [-0.25, -0.2) is 28.7 Å². The Balaban J connectivity index is 1.70. The van der Waals surface area contributed by atoms with Crippen LogP contribution >= 0.6 is 0 Å². The number of anilines is 1. The summed E-state index contributed by atoms with van der Waals surface area (Å²) in [6, 6.07) is 1.86. The zero-order valence-electron chi connectivity index (χ0n) is 14.1. The van der Waals surface area contributed by atoms with Crippen molar-refractivity contribution in [2.24, 2.45) is 11.7 Å². The van der Waals surface area contributed by atoms with Gasteiger partial charge in [0.2, 0.25) is 0 Å². The summed E-state index contributed by atoms with van der Waals surface area (Å²) in [6.07, 6.45) is 5.41. The van der Waals surface area contributed by atoms with E-state index in [0.717, 1.165) is 31.7 Å². The highest BCUT2D eigenvalue weighted by Crippen LogP contribution is 2.25. The molecule has 1 aliphatic heterocycles. The predicted octanol–water partition coefficient (Wildman–Crippen LogP) is 2.30. The number of nitrogens with two attached hydrogens (primary N) is 1. The van der Waals surface area contributed by atoms with Gasteiger partial charge in [-0.15, -0.1) is 0 Å².